The maximum atomic E-state index is 12.8. The number of benzene rings is 2. The quantitative estimate of drug-likeness (QED) is 0.607. The highest BCUT2D eigenvalue weighted by atomic mass is 32.2. The molecule has 0 radical (unpaired) electrons. The van der Waals surface area contributed by atoms with Gasteiger partial charge in [0, 0.05) is 31.7 Å². The molecule has 1 amide bonds. The van der Waals surface area contributed by atoms with Gasteiger partial charge in [0.25, 0.3) is 0 Å². The molecule has 0 atom stereocenters. The fourth-order valence-corrected chi connectivity index (χ4v) is 5.55. The van der Waals surface area contributed by atoms with Crippen molar-refractivity contribution in [2.75, 3.05) is 18.4 Å². The molecule has 0 saturated carbocycles. The van der Waals surface area contributed by atoms with Crippen LogP contribution in [0, 0.1) is 13.8 Å². The number of rotatable bonds is 7. The van der Waals surface area contributed by atoms with Crippen molar-refractivity contribution in [2.45, 2.75) is 51.0 Å². The van der Waals surface area contributed by atoms with Crippen LogP contribution in [0.25, 0.3) is 11.0 Å². The minimum absolute atomic E-state index is 0.0478. The molecule has 8 nitrogen and oxygen atoms in total. The van der Waals surface area contributed by atoms with Crippen LogP contribution in [0.5, 0.6) is 0 Å². The first kappa shape index (κ1) is 21.5. The number of nitrogens with one attached hydrogen (secondary N) is 1. The Morgan fingerprint density at radius 1 is 1.06 bits per heavy atom. The van der Waals surface area contributed by atoms with E-state index in [1.807, 2.05) is 26.0 Å². The van der Waals surface area contributed by atoms with Gasteiger partial charge in [-0.05, 0) is 74.6 Å². The normalized spacial score (nSPS) is 14.9. The van der Waals surface area contributed by atoms with E-state index in [1.54, 1.807) is 22.9 Å². The van der Waals surface area contributed by atoms with Gasteiger partial charge in [0.2, 0.25) is 15.9 Å². The van der Waals surface area contributed by atoms with Crippen molar-refractivity contribution in [3.8, 4) is 0 Å². The average molecular weight is 442 g/mol. The molecule has 3 aromatic rings. The van der Waals surface area contributed by atoms with E-state index < -0.39 is 10.0 Å². The molecule has 1 aliphatic rings. The first-order valence-corrected chi connectivity index (χ1v) is 12.0. The van der Waals surface area contributed by atoms with Crippen LogP contribution < -0.4 is 5.32 Å². The Labute approximate surface area is 182 Å². The lowest BCUT2D eigenvalue weighted by Crippen LogP contribution is -2.27. The van der Waals surface area contributed by atoms with Gasteiger partial charge in [-0.1, -0.05) is 11.3 Å². The van der Waals surface area contributed by atoms with Crippen molar-refractivity contribution in [3.05, 3.63) is 47.5 Å². The highest BCUT2D eigenvalue weighted by molar-refractivity contribution is 7.89. The van der Waals surface area contributed by atoms with Crippen LogP contribution in [-0.4, -0.2) is 46.7 Å². The topological polar surface area (TPSA) is 97.2 Å². The largest absolute Gasteiger partial charge is 0.326 e. The van der Waals surface area contributed by atoms with Gasteiger partial charge in [-0.2, -0.15) is 4.31 Å². The fraction of sp³-hybridized carbons (Fsp3) is 0.409. The lowest BCUT2D eigenvalue weighted by Gasteiger charge is -2.15. The third kappa shape index (κ3) is 4.77. The maximum absolute atomic E-state index is 12.8. The van der Waals surface area contributed by atoms with Gasteiger partial charge in [0.1, 0.15) is 5.52 Å². The van der Waals surface area contributed by atoms with E-state index >= 15 is 0 Å². The molecule has 0 spiro atoms. The number of carbonyl (C=O) groups excluding carboxylic acids is 1. The van der Waals surface area contributed by atoms with Crippen LogP contribution in [0.1, 0.15) is 36.8 Å². The molecular weight excluding hydrogens is 414 g/mol. The average Bonchev–Trinajstić information content (AvgIpc) is 3.37. The monoisotopic (exact) mass is 441 g/mol. The van der Waals surface area contributed by atoms with Gasteiger partial charge in [-0.3, -0.25) is 4.79 Å². The number of amides is 1. The molecular formula is C22H27N5O3S. The van der Waals surface area contributed by atoms with Gasteiger partial charge in [0.05, 0.1) is 10.4 Å². The molecule has 4 rings (SSSR count). The summed E-state index contributed by atoms with van der Waals surface area (Å²) >= 11 is 0. The van der Waals surface area contributed by atoms with Crippen molar-refractivity contribution in [1.29, 1.82) is 0 Å². The molecule has 9 heteroatoms. The van der Waals surface area contributed by atoms with Crippen LogP contribution in [0.4, 0.5) is 5.69 Å². The van der Waals surface area contributed by atoms with Crippen LogP contribution in [0.3, 0.4) is 0 Å². The molecule has 0 unspecified atom stereocenters. The molecule has 164 valence electrons. The molecule has 0 aliphatic carbocycles. The Morgan fingerprint density at radius 3 is 2.48 bits per heavy atom. The Hall–Kier alpha value is -2.78. The standard InChI is InChI=1S/C22H27N5O3S/c1-16-12-17(2)14-18(13-16)23-22(28)6-5-11-27-21-8-7-19(15-20(21)24-25-27)31(29,30)26-9-3-4-10-26/h7-8,12-15H,3-6,9-11H2,1-2H3,(H,23,28). The summed E-state index contributed by atoms with van der Waals surface area (Å²) in [7, 11) is -3.48. The zero-order valence-corrected chi connectivity index (χ0v) is 18.7. The van der Waals surface area contributed by atoms with E-state index in [2.05, 4.69) is 21.7 Å². The van der Waals surface area contributed by atoms with E-state index in [-0.39, 0.29) is 10.8 Å². The van der Waals surface area contributed by atoms with E-state index in [1.165, 1.54) is 4.31 Å². The lowest BCUT2D eigenvalue weighted by atomic mass is 10.1. The predicted octanol–water partition coefficient (Wildman–Crippen LogP) is 3.25. The Kier molecular flexibility index (Phi) is 6.06. The van der Waals surface area contributed by atoms with E-state index in [0.717, 1.165) is 35.2 Å². The van der Waals surface area contributed by atoms with Crippen molar-refractivity contribution in [1.82, 2.24) is 19.3 Å². The first-order chi connectivity index (χ1) is 14.8. The van der Waals surface area contributed by atoms with E-state index in [0.29, 0.717) is 38.0 Å². The fourth-order valence-electron chi connectivity index (χ4n) is 4.01. The van der Waals surface area contributed by atoms with Crippen molar-refractivity contribution in [3.63, 3.8) is 0 Å². The number of anilines is 1. The van der Waals surface area contributed by atoms with Gasteiger partial charge in [-0.25, -0.2) is 13.1 Å². The number of carbonyl (C=O) groups is 1. The molecule has 1 saturated heterocycles. The number of nitrogens with zero attached hydrogens (tertiary/aromatic N) is 4. The summed E-state index contributed by atoms with van der Waals surface area (Å²) < 4.78 is 28.7. The summed E-state index contributed by atoms with van der Waals surface area (Å²) in [6.07, 6.45) is 2.75. The highest BCUT2D eigenvalue weighted by Gasteiger charge is 2.27. The van der Waals surface area contributed by atoms with Crippen LogP contribution >= 0.6 is 0 Å². The molecule has 31 heavy (non-hydrogen) atoms. The number of fused-ring (bicyclic) bond motifs is 1. The van der Waals surface area contributed by atoms with Gasteiger partial charge in [-0.15, -0.1) is 5.10 Å². The Balaban J connectivity index is 1.38. The predicted molar refractivity (Wildman–Crippen MR) is 119 cm³/mol. The third-order valence-corrected chi connectivity index (χ3v) is 7.36. The second-order valence-corrected chi connectivity index (χ2v) is 10.0. The first-order valence-electron chi connectivity index (χ1n) is 10.5. The van der Waals surface area contributed by atoms with Crippen LogP contribution in [-0.2, 0) is 21.4 Å². The summed E-state index contributed by atoms with van der Waals surface area (Å²) in [5.74, 6) is -0.0478. The van der Waals surface area contributed by atoms with Crippen LogP contribution in [0.15, 0.2) is 41.3 Å². The zero-order chi connectivity index (χ0) is 22.0. The number of aryl methyl sites for hydroxylation is 3. The molecule has 2 heterocycles. The summed E-state index contributed by atoms with van der Waals surface area (Å²) in [6.45, 7) is 5.66. The SMILES string of the molecule is Cc1cc(C)cc(NC(=O)CCCn2nnc3cc(S(=O)(=O)N4CCCC4)ccc32)c1. The molecule has 1 aliphatic heterocycles. The zero-order valence-electron chi connectivity index (χ0n) is 17.8. The number of sulfonamides is 1. The second-order valence-electron chi connectivity index (χ2n) is 8.10. The third-order valence-electron chi connectivity index (χ3n) is 5.47. The van der Waals surface area contributed by atoms with Crippen molar-refractivity contribution >= 4 is 32.7 Å². The maximum Gasteiger partial charge on any atom is 0.243 e. The smallest absolute Gasteiger partial charge is 0.243 e. The second kappa shape index (κ2) is 8.76. The van der Waals surface area contributed by atoms with E-state index in [9.17, 15) is 13.2 Å². The van der Waals surface area contributed by atoms with Gasteiger partial charge >= 0.3 is 0 Å². The highest BCUT2D eigenvalue weighted by Crippen LogP contribution is 2.24. The molecule has 1 aromatic heterocycles. The molecule has 1 fully saturated rings. The summed E-state index contributed by atoms with van der Waals surface area (Å²) in [5.41, 5.74) is 4.32. The molecule has 0 bridgehead atoms. The van der Waals surface area contributed by atoms with E-state index in [4.69, 9.17) is 0 Å². The minimum Gasteiger partial charge on any atom is -0.326 e. The van der Waals surface area contributed by atoms with Gasteiger partial charge < -0.3 is 5.32 Å². The molecule has 1 N–H and O–H groups in total. The van der Waals surface area contributed by atoms with Gasteiger partial charge in [0.15, 0.2) is 0 Å². The minimum atomic E-state index is -3.48. The summed E-state index contributed by atoms with van der Waals surface area (Å²) in [5, 5.41) is 11.2. The number of hydrogen-bond acceptors (Lipinski definition) is 5. The van der Waals surface area contributed by atoms with Crippen molar-refractivity contribution < 1.29 is 13.2 Å². The Morgan fingerprint density at radius 2 is 1.77 bits per heavy atom. The summed E-state index contributed by atoms with van der Waals surface area (Å²) in [4.78, 5) is 12.5. The number of aromatic nitrogens is 3. The lowest BCUT2D eigenvalue weighted by molar-refractivity contribution is -0.116. The Bertz CT molecular complexity index is 1190. The van der Waals surface area contributed by atoms with Crippen LogP contribution in [0.2, 0.25) is 0 Å². The van der Waals surface area contributed by atoms with Crippen molar-refractivity contribution in [2.24, 2.45) is 0 Å². The summed E-state index contributed by atoms with van der Waals surface area (Å²) in [6, 6.07) is 10.9. The number of hydrogen-bond donors (Lipinski definition) is 1. The molecule has 2 aromatic carbocycles.